The van der Waals surface area contributed by atoms with Crippen molar-refractivity contribution in [3.05, 3.63) is 0 Å². The lowest BCUT2D eigenvalue weighted by Crippen LogP contribution is -2.37. The van der Waals surface area contributed by atoms with Crippen molar-refractivity contribution in [3.8, 4) is 0 Å². The van der Waals surface area contributed by atoms with Crippen LogP contribution in [0.25, 0.3) is 0 Å². The molecule has 0 aliphatic carbocycles. The molecule has 3 amide bonds. The summed E-state index contributed by atoms with van der Waals surface area (Å²) in [5, 5.41) is 0. The Kier molecular flexibility index (Phi) is 11.4. The molecule has 0 spiro atoms. The van der Waals surface area contributed by atoms with E-state index in [4.69, 9.17) is 25.7 Å². The predicted octanol–water partition coefficient (Wildman–Crippen LogP) is -1.47. The SMILES string of the molecule is NCCOCCOCCOCCN(C=O)C(N)=O. The Morgan fingerprint density at radius 3 is 1.94 bits per heavy atom. The number of carbonyl (C=O) groups excluding carboxylic acids is 2. The van der Waals surface area contributed by atoms with E-state index in [-0.39, 0.29) is 13.2 Å². The maximum Gasteiger partial charge on any atom is 0.321 e. The quantitative estimate of drug-likeness (QED) is 0.328. The molecule has 0 heterocycles. The minimum Gasteiger partial charge on any atom is -0.378 e. The van der Waals surface area contributed by atoms with Crippen LogP contribution in [0.1, 0.15) is 0 Å². The van der Waals surface area contributed by atoms with Gasteiger partial charge in [-0.05, 0) is 0 Å². The Hall–Kier alpha value is -1.22. The lowest BCUT2D eigenvalue weighted by Gasteiger charge is -2.12. The second kappa shape index (κ2) is 12.2. The molecule has 0 rings (SSSR count). The van der Waals surface area contributed by atoms with Gasteiger partial charge in [-0.15, -0.1) is 0 Å². The van der Waals surface area contributed by atoms with Gasteiger partial charge >= 0.3 is 6.03 Å². The maximum atomic E-state index is 10.6. The molecule has 0 bridgehead atoms. The van der Waals surface area contributed by atoms with E-state index in [9.17, 15) is 9.59 Å². The second-order valence-corrected chi connectivity index (χ2v) is 3.26. The van der Waals surface area contributed by atoms with Crippen molar-refractivity contribution < 1.29 is 23.8 Å². The van der Waals surface area contributed by atoms with Crippen molar-refractivity contribution in [2.75, 3.05) is 52.7 Å². The summed E-state index contributed by atoms with van der Waals surface area (Å²) < 4.78 is 15.4. The number of rotatable bonds is 12. The first kappa shape index (κ1) is 16.8. The van der Waals surface area contributed by atoms with E-state index in [0.717, 1.165) is 4.90 Å². The maximum absolute atomic E-state index is 10.6. The van der Waals surface area contributed by atoms with Crippen LogP contribution in [0.15, 0.2) is 0 Å². The van der Waals surface area contributed by atoms with Crippen molar-refractivity contribution in [1.82, 2.24) is 4.90 Å². The van der Waals surface area contributed by atoms with Gasteiger partial charge in [0.2, 0.25) is 6.41 Å². The number of nitrogens with two attached hydrogens (primary N) is 2. The van der Waals surface area contributed by atoms with Crippen molar-refractivity contribution in [2.45, 2.75) is 0 Å². The average Bonchev–Trinajstić information content (AvgIpc) is 2.35. The molecule has 0 aliphatic rings. The van der Waals surface area contributed by atoms with Crippen LogP contribution in [-0.2, 0) is 19.0 Å². The molecular weight excluding hydrogens is 242 g/mol. The zero-order valence-corrected chi connectivity index (χ0v) is 10.4. The fourth-order valence-corrected chi connectivity index (χ4v) is 1.00. The standard InChI is InChI=1S/C10H21N3O5/c11-1-3-16-5-7-18-8-6-17-4-2-13(9-14)10(12)15/h9H,1-8,11H2,(H2,12,15). The number of imide groups is 1. The fourth-order valence-electron chi connectivity index (χ4n) is 1.00. The Bertz CT molecular complexity index is 228. The van der Waals surface area contributed by atoms with Crippen LogP contribution in [0.3, 0.4) is 0 Å². The molecule has 0 atom stereocenters. The molecule has 8 heteroatoms. The smallest absolute Gasteiger partial charge is 0.321 e. The summed E-state index contributed by atoms with van der Waals surface area (Å²) in [6, 6.07) is -0.790. The molecule has 0 aliphatic heterocycles. The van der Waals surface area contributed by atoms with Crippen molar-refractivity contribution in [3.63, 3.8) is 0 Å². The van der Waals surface area contributed by atoms with Gasteiger partial charge < -0.3 is 25.7 Å². The van der Waals surface area contributed by atoms with E-state index in [1.165, 1.54) is 0 Å². The summed E-state index contributed by atoms with van der Waals surface area (Å²) in [4.78, 5) is 21.8. The van der Waals surface area contributed by atoms with Gasteiger partial charge in [-0.3, -0.25) is 9.69 Å². The van der Waals surface area contributed by atoms with Gasteiger partial charge in [0.05, 0.1) is 46.2 Å². The first-order valence-electron chi connectivity index (χ1n) is 5.67. The van der Waals surface area contributed by atoms with Gasteiger partial charge in [-0.25, -0.2) is 4.79 Å². The molecule has 0 saturated carbocycles. The molecule has 0 fully saturated rings. The van der Waals surface area contributed by atoms with Crippen LogP contribution in [0.5, 0.6) is 0 Å². The average molecular weight is 263 g/mol. The Morgan fingerprint density at radius 2 is 1.50 bits per heavy atom. The highest BCUT2D eigenvalue weighted by molar-refractivity contribution is 5.83. The zero-order chi connectivity index (χ0) is 13.6. The highest BCUT2D eigenvalue weighted by Gasteiger charge is 2.06. The molecule has 0 aromatic rings. The Balaban J connectivity index is 3.20. The molecule has 8 nitrogen and oxygen atoms in total. The third kappa shape index (κ3) is 9.97. The molecule has 4 N–H and O–H groups in total. The molecular formula is C10H21N3O5. The van der Waals surface area contributed by atoms with E-state index in [1.54, 1.807) is 0 Å². The molecule has 0 aromatic carbocycles. The minimum atomic E-state index is -0.790. The summed E-state index contributed by atoms with van der Waals surface area (Å²) >= 11 is 0. The van der Waals surface area contributed by atoms with Gasteiger partial charge in [-0.2, -0.15) is 0 Å². The largest absolute Gasteiger partial charge is 0.378 e. The van der Waals surface area contributed by atoms with Gasteiger partial charge in [0.1, 0.15) is 0 Å². The Labute approximate surface area is 106 Å². The van der Waals surface area contributed by atoms with Gasteiger partial charge in [0.25, 0.3) is 0 Å². The minimum absolute atomic E-state index is 0.137. The topological polar surface area (TPSA) is 117 Å². The number of amides is 3. The van der Waals surface area contributed by atoms with Crippen LogP contribution in [0.2, 0.25) is 0 Å². The molecule has 106 valence electrons. The summed E-state index contributed by atoms with van der Waals surface area (Å²) in [6.45, 7) is 3.16. The second-order valence-electron chi connectivity index (χ2n) is 3.26. The van der Waals surface area contributed by atoms with Gasteiger partial charge in [0.15, 0.2) is 0 Å². The van der Waals surface area contributed by atoms with E-state index >= 15 is 0 Å². The van der Waals surface area contributed by atoms with E-state index in [1.807, 2.05) is 0 Å². The van der Waals surface area contributed by atoms with E-state index in [2.05, 4.69) is 0 Å². The summed E-state index contributed by atoms with van der Waals surface area (Å²) in [7, 11) is 0. The van der Waals surface area contributed by atoms with Crippen LogP contribution < -0.4 is 11.5 Å². The first-order chi connectivity index (χ1) is 8.72. The molecule has 18 heavy (non-hydrogen) atoms. The van der Waals surface area contributed by atoms with Crippen LogP contribution in [0, 0.1) is 0 Å². The molecule has 0 radical (unpaired) electrons. The number of ether oxygens (including phenoxy) is 3. The number of hydrogen-bond donors (Lipinski definition) is 2. The van der Waals surface area contributed by atoms with Crippen LogP contribution >= 0.6 is 0 Å². The number of urea groups is 1. The number of nitrogens with zero attached hydrogens (tertiary/aromatic N) is 1. The predicted molar refractivity (Wildman–Crippen MR) is 63.9 cm³/mol. The van der Waals surface area contributed by atoms with Gasteiger partial charge in [-0.1, -0.05) is 0 Å². The lowest BCUT2D eigenvalue weighted by atomic mass is 10.6. The van der Waals surface area contributed by atoms with Crippen LogP contribution in [-0.4, -0.2) is 70.1 Å². The number of hydrogen-bond acceptors (Lipinski definition) is 6. The third-order valence-electron chi connectivity index (χ3n) is 1.89. The lowest BCUT2D eigenvalue weighted by molar-refractivity contribution is -0.116. The molecule has 0 saturated heterocycles. The van der Waals surface area contributed by atoms with Gasteiger partial charge in [0, 0.05) is 6.54 Å². The van der Waals surface area contributed by atoms with Crippen molar-refractivity contribution >= 4 is 12.4 Å². The monoisotopic (exact) mass is 263 g/mol. The van der Waals surface area contributed by atoms with Crippen molar-refractivity contribution in [1.29, 1.82) is 0 Å². The first-order valence-corrected chi connectivity index (χ1v) is 5.67. The van der Waals surface area contributed by atoms with E-state index < -0.39 is 6.03 Å². The molecule has 0 aromatic heterocycles. The van der Waals surface area contributed by atoms with E-state index in [0.29, 0.717) is 46.0 Å². The Morgan fingerprint density at radius 1 is 1.00 bits per heavy atom. The third-order valence-corrected chi connectivity index (χ3v) is 1.89. The fraction of sp³-hybridized carbons (Fsp3) is 0.800. The number of primary amides is 1. The highest BCUT2D eigenvalue weighted by Crippen LogP contribution is 1.85. The highest BCUT2D eigenvalue weighted by atomic mass is 16.5. The van der Waals surface area contributed by atoms with Crippen molar-refractivity contribution in [2.24, 2.45) is 11.5 Å². The zero-order valence-electron chi connectivity index (χ0n) is 10.4. The normalized spacial score (nSPS) is 10.3. The summed E-state index contributed by atoms with van der Waals surface area (Å²) in [5.41, 5.74) is 10.2. The summed E-state index contributed by atoms with van der Waals surface area (Å²) in [5.74, 6) is 0. The van der Waals surface area contributed by atoms with Crippen LogP contribution in [0.4, 0.5) is 4.79 Å². The molecule has 0 unspecified atom stereocenters. The summed E-state index contributed by atoms with van der Waals surface area (Å²) in [6.07, 6.45) is 0.372. The number of carbonyl (C=O) groups is 2.